The minimum Gasteiger partial charge on any atom is -0.326 e. The van der Waals surface area contributed by atoms with Crippen molar-refractivity contribution in [2.24, 2.45) is 0 Å². The van der Waals surface area contributed by atoms with Gasteiger partial charge in [-0.3, -0.25) is 14.5 Å². The number of nitrogens with zero attached hydrogens (tertiary/aromatic N) is 1. The number of carbonyl (C=O) groups excluding carboxylic acids is 2. The lowest BCUT2D eigenvalue weighted by atomic mass is 10.1. The first kappa shape index (κ1) is 25.7. The number of thiocarbonyl (C=S) groups is 1. The molecule has 0 radical (unpaired) electrons. The molecule has 0 aromatic heterocycles. The number of hydrogen-bond donors (Lipinski definition) is 1. The lowest BCUT2D eigenvalue weighted by Gasteiger charge is -2.14. The molecule has 178 valence electrons. The van der Waals surface area contributed by atoms with Crippen LogP contribution in [0.2, 0.25) is 0 Å². The number of allylic oxidation sites excluding steroid dienone is 2. The summed E-state index contributed by atoms with van der Waals surface area (Å²) in [6, 6.07) is 14.3. The molecule has 2 amide bonds. The van der Waals surface area contributed by atoms with Gasteiger partial charge in [-0.05, 0) is 42.7 Å². The molecule has 1 saturated heterocycles. The maximum atomic E-state index is 12.8. The van der Waals surface area contributed by atoms with E-state index < -0.39 is 11.7 Å². The van der Waals surface area contributed by atoms with Crippen LogP contribution in [-0.4, -0.2) is 27.6 Å². The third-order valence-electron chi connectivity index (χ3n) is 4.97. The van der Waals surface area contributed by atoms with E-state index in [9.17, 15) is 22.8 Å². The number of anilines is 1. The molecule has 0 spiro atoms. The Morgan fingerprint density at radius 2 is 1.82 bits per heavy atom. The van der Waals surface area contributed by atoms with Gasteiger partial charge in [0.2, 0.25) is 5.91 Å². The minimum absolute atomic E-state index is 0.116. The molecule has 9 heteroatoms. The highest BCUT2D eigenvalue weighted by molar-refractivity contribution is 8.26. The van der Waals surface area contributed by atoms with Crippen LogP contribution in [-0.2, 0) is 15.8 Å². The molecule has 1 fully saturated rings. The van der Waals surface area contributed by atoms with Crippen molar-refractivity contribution in [2.45, 2.75) is 31.9 Å². The van der Waals surface area contributed by atoms with Crippen LogP contribution >= 0.6 is 24.0 Å². The number of thioether (sulfide) groups is 1. The number of amides is 2. The van der Waals surface area contributed by atoms with Crippen molar-refractivity contribution >= 4 is 51.9 Å². The summed E-state index contributed by atoms with van der Waals surface area (Å²) < 4.78 is 38.8. The molecule has 3 rings (SSSR count). The molecular formula is C25H23F3N2O2S2. The molecule has 1 aliphatic heterocycles. The Morgan fingerprint density at radius 3 is 2.56 bits per heavy atom. The molecule has 0 saturated carbocycles. The molecule has 0 aliphatic carbocycles. The molecule has 1 N–H and O–H groups in total. The third-order valence-corrected chi connectivity index (χ3v) is 6.36. The number of hydrogen-bond acceptors (Lipinski definition) is 4. The van der Waals surface area contributed by atoms with Crippen molar-refractivity contribution in [1.82, 2.24) is 4.90 Å². The summed E-state index contributed by atoms with van der Waals surface area (Å²) in [7, 11) is 0. The van der Waals surface area contributed by atoms with Gasteiger partial charge in [-0.25, -0.2) is 0 Å². The molecule has 2 aromatic carbocycles. The van der Waals surface area contributed by atoms with Gasteiger partial charge in [0.05, 0.1) is 10.5 Å². The van der Waals surface area contributed by atoms with E-state index in [0.29, 0.717) is 35.0 Å². The Kier molecular flexibility index (Phi) is 9.06. The second-order valence-electron chi connectivity index (χ2n) is 7.56. The molecule has 0 bridgehead atoms. The third kappa shape index (κ3) is 7.56. The number of alkyl halides is 3. The van der Waals surface area contributed by atoms with Crippen molar-refractivity contribution in [2.75, 3.05) is 11.9 Å². The summed E-state index contributed by atoms with van der Waals surface area (Å²) in [5.41, 5.74) is 0.343. The van der Waals surface area contributed by atoms with Gasteiger partial charge in [-0.1, -0.05) is 79.0 Å². The van der Waals surface area contributed by atoms with E-state index in [1.807, 2.05) is 42.5 Å². The average molecular weight is 505 g/mol. The smallest absolute Gasteiger partial charge is 0.326 e. The van der Waals surface area contributed by atoms with Gasteiger partial charge < -0.3 is 5.32 Å². The van der Waals surface area contributed by atoms with E-state index in [4.69, 9.17) is 12.2 Å². The summed E-state index contributed by atoms with van der Waals surface area (Å²) in [4.78, 5) is 26.8. The Bertz CT molecular complexity index is 1100. The molecule has 4 nitrogen and oxygen atoms in total. The fraction of sp³-hybridized carbons (Fsp3) is 0.240. The first-order valence-corrected chi connectivity index (χ1v) is 11.9. The fourth-order valence-electron chi connectivity index (χ4n) is 3.25. The summed E-state index contributed by atoms with van der Waals surface area (Å²) in [6.07, 6.45) is 3.11. The average Bonchev–Trinajstić information content (AvgIpc) is 3.06. The zero-order valence-electron chi connectivity index (χ0n) is 18.2. The van der Waals surface area contributed by atoms with Gasteiger partial charge in [0, 0.05) is 18.7 Å². The van der Waals surface area contributed by atoms with Crippen molar-refractivity contribution in [1.29, 1.82) is 0 Å². The molecule has 1 aliphatic rings. The highest BCUT2D eigenvalue weighted by atomic mass is 32.2. The van der Waals surface area contributed by atoms with Crippen LogP contribution in [0.5, 0.6) is 0 Å². The Labute approximate surface area is 205 Å². The summed E-state index contributed by atoms with van der Waals surface area (Å²) in [5.74, 6) is -0.479. The van der Waals surface area contributed by atoms with Crippen molar-refractivity contribution in [3.05, 3.63) is 82.8 Å². The zero-order chi connectivity index (χ0) is 24.6. The van der Waals surface area contributed by atoms with Crippen LogP contribution in [0.15, 0.2) is 71.7 Å². The molecule has 34 heavy (non-hydrogen) atoms. The van der Waals surface area contributed by atoms with E-state index in [-0.39, 0.29) is 23.9 Å². The van der Waals surface area contributed by atoms with E-state index in [0.717, 1.165) is 17.7 Å². The standard InChI is InChI=1S/C25H23F3N2O2S2/c26-25(27,28)19-12-8-13-20(17-19)29-22(31)15-5-2-6-16-30-23(32)21(34-24(30)33)14-7-11-18-9-3-1-4-10-18/h1,3-4,7-14,17H,2,5-6,15-16H2,(H,29,31)/b11-7+,21-14-. The van der Waals surface area contributed by atoms with Crippen molar-refractivity contribution < 1.29 is 22.8 Å². The van der Waals surface area contributed by atoms with Crippen LogP contribution in [0.4, 0.5) is 18.9 Å². The minimum atomic E-state index is -4.46. The molecular weight excluding hydrogens is 481 g/mol. The second kappa shape index (κ2) is 12.0. The van der Waals surface area contributed by atoms with Crippen LogP contribution in [0, 0.1) is 0 Å². The van der Waals surface area contributed by atoms with Crippen LogP contribution < -0.4 is 5.32 Å². The van der Waals surface area contributed by atoms with Gasteiger partial charge >= 0.3 is 6.18 Å². The summed E-state index contributed by atoms with van der Waals surface area (Å²) >= 11 is 6.59. The number of carbonyl (C=O) groups is 2. The number of unbranched alkanes of at least 4 members (excludes halogenated alkanes) is 2. The van der Waals surface area contributed by atoms with E-state index in [1.165, 1.54) is 23.9 Å². The Hall–Kier alpha value is -2.91. The van der Waals surface area contributed by atoms with Crippen molar-refractivity contribution in [3.8, 4) is 0 Å². The largest absolute Gasteiger partial charge is 0.416 e. The van der Waals surface area contributed by atoms with Crippen LogP contribution in [0.1, 0.15) is 36.8 Å². The number of nitrogens with one attached hydrogen (secondary N) is 1. The molecule has 1 heterocycles. The maximum Gasteiger partial charge on any atom is 0.416 e. The lowest BCUT2D eigenvalue weighted by Crippen LogP contribution is -2.29. The number of benzene rings is 2. The van der Waals surface area contributed by atoms with Gasteiger partial charge in [-0.15, -0.1) is 0 Å². The number of halogens is 3. The van der Waals surface area contributed by atoms with Crippen LogP contribution in [0.25, 0.3) is 6.08 Å². The highest BCUT2D eigenvalue weighted by Crippen LogP contribution is 2.32. The highest BCUT2D eigenvalue weighted by Gasteiger charge is 2.31. The Morgan fingerprint density at radius 1 is 1.06 bits per heavy atom. The van der Waals surface area contributed by atoms with Gasteiger partial charge in [0.25, 0.3) is 5.91 Å². The predicted octanol–water partition coefficient (Wildman–Crippen LogP) is 6.66. The monoisotopic (exact) mass is 504 g/mol. The second-order valence-corrected chi connectivity index (χ2v) is 9.24. The van der Waals surface area contributed by atoms with E-state index in [1.54, 1.807) is 11.0 Å². The van der Waals surface area contributed by atoms with Gasteiger partial charge in [0.1, 0.15) is 4.32 Å². The first-order chi connectivity index (χ1) is 16.2. The normalized spacial score (nSPS) is 15.5. The Balaban J connectivity index is 1.39. The number of rotatable bonds is 9. The summed E-state index contributed by atoms with van der Waals surface area (Å²) in [5, 5.41) is 2.50. The predicted molar refractivity (Wildman–Crippen MR) is 134 cm³/mol. The quantitative estimate of drug-likeness (QED) is 0.236. The first-order valence-electron chi connectivity index (χ1n) is 10.7. The van der Waals surface area contributed by atoms with E-state index in [2.05, 4.69) is 5.32 Å². The topological polar surface area (TPSA) is 49.4 Å². The van der Waals surface area contributed by atoms with Crippen LogP contribution in [0.3, 0.4) is 0 Å². The van der Waals surface area contributed by atoms with E-state index >= 15 is 0 Å². The summed E-state index contributed by atoms with van der Waals surface area (Å²) in [6.45, 7) is 0.458. The SMILES string of the molecule is O=C(CCCCCN1C(=O)/C(=C/C=C/c2ccccc2)SC1=S)Nc1cccc(C(F)(F)F)c1. The lowest BCUT2D eigenvalue weighted by molar-refractivity contribution is -0.137. The van der Waals surface area contributed by atoms with Crippen molar-refractivity contribution in [3.63, 3.8) is 0 Å². The zero-order valence-corrected chi connectivity index (χ0v) is 19.8. The molecule has 0 unspecified atom stereocenters. The van der Waals surface area contributed by atoms with Gasteiger partial charge in [-0.2, -0.15) is 13.2 Å². The van der Waals surface area contributed by atoms with Gasteiger partial charge in [0.15, 0.2) is 0 Å². The fourth-order valence-corrected chi connectivity index (χ4v) is 4.51. The maximum absolute atomic E-state index is 12.8. The molecule has 2 aromatic rings. The molecule has 0 atom stereocenters.